The van der Waals surface area contributed by atoms with E-state index in [1.165, 1.54) is 25.9 Å². The molecule has 4 heterocycles. The highest BCUT2D eigenvalue weighted by Gasteiger charge is 2.35. The summed E-state index contributed by atoms with van der Waals surface area (Å²) in [6, 6.07) is 11.7. The lowest BCUT2D eigenvalue weighted by molar-refractivity contribution is 0.0606. The maximum Gasteiger partial charge on any atom is 0.287 e. The maximum atomic E-state index is 12.5. The molecule has 1 atom stereocenters. The number of fused-ring (bicyclic) bond motifs is 3. The van der Waals surface area contributed by atoms with E-state index >= 15 is 0 Å². The zero-order valence-electron chi connectivity index (χ0n) is 12.8. The molecule has 23 heavy (non-hydrogen) atoms. The third kappa shape index (κ3) is 3.08. The van der Waals surface area contributed by atoms with Gasteiger partial charge in [0.15, 0.2) is 5.76 Å². The van der Waals surface area contributed by atoms with Gasteiger partial charge in [-0.15, -0.1) is 0 Å². The predicted molar refractivity (Wildman–Crippen MR) is 92.3 cm³/mol. The molecular formula is C18H19BrN2O2. The van der Waals surface area contributed by atoms with Gasteiger partial charge in [0, 0.05) is 22.6 Å². The zero-order valence-corrected chi connectivity index (χ0v) is 14.4. The molecule has 2 bridgehead atoms. The van der Waals surface area contributed by atoms with Crippen LogP contribution in [0, 0.1) is 5.92 Å². The molecule has 3 fully saturated rings. The molecule has 120 valence electrons. The Balaban J connectivity index is 1.47. The zero-order chi connectivity index (χ0) is 15.8. The molecule has 1 aromatic carbocycles. The van der Waals surface area contributed by atoms with E-state index < -0.39 is 0 Å². The molecule has 3 aliphatic rings. The lowest BCUT2D eigenvalue weighted by Crippen LogP contribution is -2.57. The van der Waals surface area contributed by atoms with Crippen molar-refractivity contribution in [2.24, 2.45) is 5.92 Å². The van der Waals surface area contributed by atoms with E-state index in [4.69, 9.17) is 4.42 Å². The van der Waals surface area contributed by atoms with Crippen LogP contribution >= 0.6 is 15.9 Å². The number of halogens is 1. The van der Waals surface area contributed by atoms with Crippen molar-refractivity contribution in [3.8, 4) is 11.3 Å². The molecule has 1 aromatic heterocycles. The van der Waals surface area contributed by atoms with Crippen molar-refractivity contribution in [2.45, 2.75) is 18.9 Å². The molecule has 3 aliphatic heterocycles. The lowest BCUT2D eigenvalue weighted by atomic mass is 9.84. The monoisotopic (exact) mass is 374 g/mol. The van der Waals surface area contributed by atoms with E-state index in [-0.39, 0.29) is 11.9 Å². The number of piperidine rings is 3. The summed E-state index contributed by atoms with van der Waals surface area (Å²) in [6.45, 7) is 3.31. The second kappa shape index (κ2) is 6.13. The van der Waals surface area contributed by atoms with Crippen LogP contribution in [0.2, 0.25) is 0 Å². The number of hydrogen-bond donors (Lipinski definition) is 1. The van der Waals surface area contributed by atoms with Gasteiger partial charge in [-0.25, -0.2) is 0 Å². The highest BCUT2D eigenvalue weighted by Crippen LogP contribution is 2.28. The first kappa shape index (κ1) is 15.0. The third-order valence-electron chi connectivity index (χ3n) is 4.91. The Bertz CT molecular complexity index is 719. The minimum atomic E-state index is -0.106. The normalized spacial score (nSPS) is 26.2. The van der Waals surface area contributed by atoms with Gasteiger partial charge in [0.25, 0.3) is 5.91 Å². The van der Waals surface area contributed by atoms with Crippen LogP contribution in [0.5, 0.6) is 0 Å². The van der Waals surface area contributed by atoms with Crippen molar-refractivity contribution in [3.05, 3.63) is 46.6 Å². The van der Waals surface area contributed by atoms with E-state index in [0.717, 1.165) is 16.6 Å². The molecule has 0 spiro atoms. The summed E-state index contributed by atoms with van der Waals surface area (Å²) in [6.07, 6.45) is 2.37. The fourth-order valence-electron chi connectivity index (χ4n) is 3.62. The summed E-state index contributed by atoms with van der Waals surface area (Å²) in [7, 11) is 0. The molecule has 5 heteroatoms. The predicted octanol–water partition coefficient (Wildman–Crippen LogP) is 3.53. The molecular weight excluding hydrogens is 356 g/mol. The summed E-state index contributed by atoms with van der Waals surface area (Å²) in [5.74, 6) is 1.61. The Kier molecular flexibility index (Phi) is 3.99. The molecule has 1 unspecified atom stereocenters. The number of hydrogen-bond acceptors (Lipinski definition) is 3. The van der Waals surface area contributed by atoms with Gasteiger partial charge < -0.3 is 14.6 Å². The molecule has 0 aliphatic carbocycles. The van der Waals surface area contributed by atoms with Crippen LogP contribution in [0.3, 0.4) is 0 Å². The van der Waals surface area contributed by atoms with Crippen LogP contribution < -0.4 is 5.32 Å². The Labute approximate surface area is 144 Å². The first-order chi connectivity index (χ1) is 11.2. The number of carbonyl (C=O) groups is 1. The first-order valence-electron chi connectivity index (χ1n) is 8.08. The maximum absolute atomic E-state index is 12.5. The Morgan fingerprint density at radius 1 is 1.22 bits per heavy atom. The molecule has 0 saturated carbocycles. The van der Waals surface area contributed by atoms with E-state index in [0.29, 0.717) is 17.4 Å². The van der Waals surface area contributed by atoms with Crippen molar-refractivity contribution in [3.63, 3.8) is 0 Å². The van der Waals surface area contributed by atoms with Crippen LogP contribution in [0.1, 0.15) is 23.4 Å². The summed E-state index contributed by atoms with van der Waals surface area (Å²) < 4.78 is 6.75. The summed E-state index contributed by atoms with van der Waals surface area (Å²) in [5, 5.41) is 3.16. The summed E-state index contributed by atoms with van der Waals surface area (Å²) in [5.41, 5.74) is 0.959. The van der Waals surface area contributed by atoms with Gasteiger partial charge in [0.2, 0.25) is 0 Å². The largest absolute Gasteiger partial charge is 0.451 e. The summed E-state index contributed by atoms with van der Waals surface area (Å²) in [4.78, 5) is 14.9. The SMILES string of the molecule is O=C(NC1CN2CCC1CC2)c1ccc(-c2cccc(Br)c2)o1. The number of rotatable bonds is 3. The van der Waals surface area contributed by atoms with Gasteiger partial charge in [-0.05, 0) is 56.1 Å². The molecule has 3 saturated heterocycles. The van der Waals surface area contributed by atoms with Crippen molar-refractivity contribution in [1.82, 2.24) is 10.2 Å². The highest BCUT2D eigenvalue weighted by atomic mass is 79.9. The van der Waals surface area contributed by atoms with Gasteiger partial charge >= 0.3 is 0 Å². The van der Waals surface area contributed by atoms with Gasteiger partial charge in [0.05, 0.1) is 0 Å². The second-order valence-corrected chi connectivity index (χ2v) is 7.31. The van der Waals surface area contributed by atoms with Crippen LogP contribution in [-0.4, -0.2) is 36.5 Å². The van der Waals surface area contributed by atoms with E-state index in [2.05, 4.69) is 26.1 Å². The van der Waals surface area contributed by atoms with Crippen LogP contribution in [0.15, 0.2) is 45.3 Å². The second-order valence-electron chi connectivity index (χ2n) is 6.39. The lowest BCUT2D eigenvalue weighted by Gasteiger charge is -2.44. The van der Waals surface area contributed by atoms with Crippen LogP contribution in [-0.2, 0) is 0 Å². The van der Waals surface area contributed by atoms with Crippen molar-refractivity contribution >= 4 is 21.8 Å². The molecule has 1 N–H and O–H groups in total. The van der Waals surface area contributed by atoms with Crippen molar-refractivity contribution in [1.29, 1.82) is 0 Å². The van der Waals surface area contributed by atoms with Gasteiger partial charge in [-0.3, -0.25) is 4.79 Å². The van der Waals surface area contributed by atoms with Gasteiger partial charge in [0.1, 0.15) is 5.76 Å². The average Bonchev–Trinajstić information content (AvgIpc) is 3.06. The fourth-order valence-corrected chi connectivity index (χ4v) is 4.02. The smallest absolute Gasteiger partial charge is 0.287 e. The summed E-state index contributed by atoms with van der Waals surface area (Å²) >= 11 is 3.45. The molecule has 4 nitrogen and oxygen atoms in total. The van der Waals surface area contributed by atoms with Crippen LogP contribution in [0.25, 0.3) is 11.3 Å². The van der Waals surface area contributed by atoms with Gasteiger partial charge in [-0.1, -0.05) is 28.1 Å². The molecule has 1 amide bonds. The average molecular weight is 375 g/mol. The fraction of sp³-hybridized carbons (Fsp3) is 0.389. The quantitative estimate of drug-likeness (QED) is 0.893. The number of amides is 1. The Morgan fingerprint density at radius 3 is 2.74 bits per heavy atom. The van der Waals surface area contributed by atoms with Crippen molar-refractivity contribution in [2.75, 3.05) is 19.6 Å². The standard InChI is InChI=1S/C18H19BrN2O2/c19-14-3-1-2-13(10-14)16-4-5-17(23-16)18(22)20-15-11-21-8-6-12(15)7-9-21/h1-5,10,12,15H,6-9,11H2,(H,20,22). The van der Waals surface area contributed by atoms with Crippen LogP contribution in [0.4, 0.5) is 0 Å². The Hall–Kier alpha value is -1.59. The van der Waals surface area contributed by atoms with E-state index in [1.807, 2.05) is 30.3 Å². The molecule has 2 aromatic rings. The topological polar surface area (TPSA) is 45.5 Å². The van der Waals surface area contributed by atoms with E-state index in [9.17, 15) is 4.79 Å². The minimum Gasteiger partial charge on any atom is -0.451 e. The van der Waals surface area contributed by atoms with E-state index in [1.54, 1.807) is 6.07 Å². The number of carbonyl (C=O) groups excluding carboxylic acids is 1. The third-order valence-corrected chi connectivity index (χ3v) is 5.40. The number of benzene rings is 1. The minimum absolute atomic E-state index is 0.106. The highest BCUT2D eigenvalue weighted by molar-refractivity contribution is 9.10. The Morgan fingerprint density at radius 2 is 2.04 bits per heavy atom. The van der Waals surface area contributed by atoms with Gasteiger partial charge in [-0.2, -0.15) is 0 Å². The number of nitrogens with zero attached hydrogens (tertiary/aromatic N) is 1. The van der Waals surface area contributed by atoms with Crippen molar-refractivity contribution < 1.29 is 9.21 Å². The molecule has 0 radical (unpaired) electrons. The first-order valence-corrected chi connectivity index (χ1v) is 8.87. The number of nitrogens with one attached hydrogen (secondary N) is 1. The number of furan rings is 1. The molecule has 5 rings (SSSR count).